The number of amides is 5. The van der Waals surface area contributed by atoms with E-state index in [1.54, 1.807) is 12.1 Å². The second-order valence-corrected chi connectivity index (χ2v) is 13.0. The van der Waals surface area contributed by atoms with E-state index < -0.39 is 23.8 Å². The van der Waals surface area contributed by atoms with E-state index in [1.165, 1.54) is 0 Å². The third-order valence-electron chi connectivity index (χ3n) is 9.93. The fourth-order valence-electron chi connectivity index (χ4n) is 7.22. The van der Waals surface area contributed by atoms with Gasteiger partial charge in [-0.05, 0) is 87.4 Å². The van der Waals surface area contributed by atoms with E-state index >= 15 is 0 Å². The number of piperazine rings is 1. The Morgan fingerprint density at radius 3 is 2.32 bits per heavy atom. The Labute approximate surface area is 275 Å². The van der Waals surface area contributed by atoms with Gasteiger partial charge in [0.05, 0.1) is 16.8 Å². The van der Waals surface area contributed by atoms with Crippen LogP contribution >= 0.6 is 0 Å². The normalized spacial score (nSPS) is 20.9. The molecular weight excluding hydrogens is 598 g/mol. The lowest BCUT2D eigenvalue weighted by molar-refractivity contribution is -0.136. The van der Waals surface area contributed by atoms with Crippen LogP contribution in [0.4, 0.5) is 11.4 Å². The van der Waals surface area contributed by atoms with Gasteiger partial charge in [-0.2, -0.15) is 0 Å². The molecule has 2 aromatic carbocycles. The van der Waals surface area contributed by atoms with E-state index in [4.69, 9.17) is 0 Å². The average molecular weight is 644 g/mol. The van der Waals surface area contributed by atoms with Crippen LogP contribution in [-0.2, 0) is 9.59 Å². The van der Waals surface area contributed by atoms with Gasteiger partial charge in [0.1, 0.15) is 6.04 Å². The zero-order chi connectivity index (χ0) is 32.9. The molecule has 2 aromatic rings. The number of imide groups is 2. The first-order chi connectivity index (χ1) is 22.8. The summed E-state index contributed by atoms with van der Waals surface area (Å²) in [5.74, 6) is -1.38. The van der Waals surface area contributed by atoms with E-state index in [9.17, 15) is 24.0 Å². The van der Waals surface area contributed by atoms with Crippen LogP contribution in [0.1, 0.15) is 82.9 Å². The van der Waals surface area contributed by atoms with Crippen molar-refractivity contribution in [1.29, 1.82) is 0 Å². The van der Waals surface area contributed by atoms with Crippen molar-refractivity contribution in [2.45, 2.75) is 57.9 Å². The number of carbonyl (C=O) groups excluding carboxylic acids is 5. The van der Waals surface area contributed by atoms with Crippen molar-refractivity contribution in [2.24, 2.45) is 5.92 Å². The molecule has 4 aliphatic heterocycles. The molecule has 0 saturated carbocycles. The standard InChI is InChI=1S/C35H45N7O5/c1-2-16-36-38-32(44)25-8-10-26(11-9-25)40-22-20-39(21-23-40)17-4-5-24-14-18-41(19-15-24)28-7-3-6-27-31(28)35(47)42(34(27)46)29-12-13-30(43)37-33(29)45/h3,6-11,24,29,36H,2,4-5,12-23H2,1H3,(H,38,44)(H,37,43,45). The van der Waals surface area contributed by atoms with Crippen LogP contribution in [-0.4, -0.2) is 97.7 Å². The zero-order valence-corrected chi connectivity index (χ0v) is 27.1. The summed E-state index contributed by atoms with van der Waals surface area (Å²) in [6, 6.07) is 12.2. The van der Waals surface area contributed by atoms with Crippen molar-refractivity contribution in [1.82, 2.24) is 26.0 Å². The Morgan fingerprint density at radius 1 is 0.872 bits per heavy atom. The summed E-state index contributed by atoms with van der Waals surface area (Å²) in [7, 11) is 0. The number of nitrogens with zero attached hydrogens (tertiary/aromatic N) is 4. The van der Waals surface area contributed by atoms with E-state index in [2.05, 4.69) is 37.8 Å². The monoisotopic (exact) mass is 643 g/mol. The van der Waals surface area contributed by atoms with Gasteiger partial charge in [-0.3, -0.25) is 44.5 Å². The van der Waals surface area contributed by atoms with Crippen molar-refractivity contribution >= 4 is 40.9 Å². The predicted octanol–water partition coefficient (Wildman–Crippen LogP) is 2.55. The zero-order valence-electron chi connectivity index (χ0n) is 27.1. The summed E-state index contributed by atoms with van der Waals surface area (Å²) in [6.07, 6.45) is 5.58. The molecule has 3 N–H and O–H groups in total. The number of piperidine rings is 2. The molecule has 1 atom stereocenters. The molecule has 0 aromatic heterocycles. The van der Waals surface area contributed by atoms with Gasteiger partial charge in [0, 0.05) is 63.5 Å². The predicted molar refractivity (Wildman–Crippen MR) is 178 cm³/mol. The van der Waals surface area contributed by atoms with Crippen molar-refractivity contribution in [2.75, 3.05) is 62.2 Å². The SMILES string of the molecule is CCCNNC(=O)c1ccc(N2CCN(CCCC3CCN(c4cccc5c4C(=O)N(C4CCC(=O)NC4=O)C5=O)CC3)CC2)cc1. The maximum atomic E-state index is 13.5. The number of nitrogens with one attached hydrogen (secondary N) is 3. The van der Waals surface area contributed by atoms with Crippen molar-refractivity contribution in [3.05, 3.63) is 59.2 Å². The summed E-state index contributed by atoms with van der Waals surface area (Å²) in [5, 5.41) is 2.26. The smallest absolute Gasteiger partial charge is 0.265 e. The quantitative estimate of drug-likeness (QED) is 0.192. The molecule has 6 rings (SSSR count). The number of fused-ring (bicyclic) bond motifs is 1. The van der Waals surface area contributed by atoms with E-state index in [-0.39, 0.29) is 24.7 Å². The summed E-state index contributed by atoms with van der Waals surface area (Å²) in [4.78, 5) is 71.3. The average Bonchev–Trinajstić information content (AvgIpc) is 3.34. The summed E-state index contributed by atoms with van der Waals surface area (Å²) in [6.45, 7) is 9.47. The lowest BCUT2D eigenvalue weighted by Gasteiger charge is -2.37. The fourth-order valence-corrected chi connectivity index (χ4v) is 7.22. The molecule has 1 unspecified atom stereocenters. The van der Waals surface area contributed by atoms with Gasteiger partial charge in [0.2, 0.25) is 11.8 Å². The van der Waals surface area contributed by atoms with Crippen LogP contribution < -0.4 is 26.0 Å². The molecule has 3 fully saturated rings. The molecule has 250 valence electrons. The molecule has 0 aliphatic carbocycles. The molecule has 4 aliphatic rings. The second kappa shape index (κ2) is 14.6. The Morgan fingerprint density at radius 2 is 1.62 bits per heavy atom. The van der Waals surface area contributed by atoms with E-state index in [0.717, 1.165) is 101 Å². The highest BCUT2D eigenvalue weighted by molar-refractivity contribution is 6.25. The number of hydrogen-bond donors (Lipinski definition) is 3. The number of carbonyl (C=O) groups is 5. The highest BCUT2D eigenvalue weighted by Gasteiger charge is 2.46. The minimum absolute atomic E-state index is 0.106. The summed E-state index contributed by atoms with van der Waals surface area (Å²) >= 11 is 0. The number of hydrazine groups is 1. The first-order valence-corrected chi connectivity index (χ1v) is 17.0. The number of anilines is 2. The minimum Gasteiger partial charge on any atom is -0.371 e. The molecule has 4 heterocycles. The number of benzene rings is 2. The van der Waals surface area contributed by atoms with Crippen LogP contribution in [0.25, 0.3) is 0 Å². The number of rotatable bonds is 11. The summed E-state index contributed by atoms with van der Waals surface area (Å²) in [5.41, 5.74) is 8.92. The van der Waals surface area contributed by atoms with Gasteiger partial charge in [-0.15, -0.1) is 0 Å². The molecule has 12 nitrogen and oxygen atoms in total. The van der Waals surface area contributed by atoms with Crippen molar-refractivity contribution < 1.29 is 24.0 Å². The molecular formula is C35H45N7O5. The first-order valence-electron chi connectivity index (χ1n) is 17.0. The van der Waals surface area contributed by atoms with Crippen LogP contribution in [0.2, 0.25) is 0 Å². The van der Waals surface area contributed by atoms with Crippen molar-refractivity contribution in [3.63, 3.8) is 0 Å². The van der Waals surface area contributed by atoms with E-state index in [1.807, 2.05) is 30.3 Å². The maximum Gasteiger partial charge on any atom is 0.265 e. The fraction of sp³-hybridized carbons (Fsp3) is 0.514. The second-order valence-electron chi connectivity index (χ2n) is 13.0. The first kappa shape index (κ1) is 32.6. The van der Waals surface area contributed by atoms with Crippen LogP contribution in [0.15, 0.2) is 42.5 Å². The largest absolute Gasteiger partial charge is 0.371 e. The third-order valence-corrected chi connectivity index (χ3v) is 9.93. The molecule has 0 bridgehead atoms. The maximum absolute atomic E-state index is 13.5. The van der Waals surface area contributed by atoms with Crippen LogP contribution in [0, 0.1) is 5.92 Å². The van der Waals surface area contributed by atoms with Gasteiger partial charge in [0.25, 0.3) is 17.7 Å². The molecule has 47 heavy (non-hydrogen) atoms. The minimum atomic E-state index is -0.958. The highest BCUT2D eigenvalue weighted by atomic mass is 16.2. The van der Waals surface area contributed by atoms with Gasteiger partial charge in [-0.1, -0.05) is 13.0 Å². The summed E-state index contributed by atoms with van der Waals surface area (Å²) < 4.78 is 0. The Kier molecular flexibility index (Phi) is 10.2. The lowest BCUT2D eigenvalue weighted by atomic mass is 9.91. The molecule has 5 amide bonds. The molecule has 12 heteroatoms. The molecule has 3 saturated heterocycles. The topological polar surface area (TPSA) is 134 Å². The lowest BCUT2D eigenvalue weighted by Crippen LogP contribution is -2.54. The Hall–Kier alpha value is -4.29. The number of hydrogen-bond acceptors (Lipinski definition) is 9. The van der Waals surface area contributed by atoms with E-state index in [0.29, 0.717) is 22.6 Å². The van der Waals surface area contributed by atoms with Gasteiger partial charge >= 0.3 is 0 Å². The van der Waals surface area contributed by atoms with Gasteiger partial charge in [0.15, 0.2) is 0 Å². The van der Waals surface area contributed by atoms with Crippen molar-refractivity contribution in [3.8, 4) is 0 Å². The highest BCUT2D eigenvalue weighted by Crippen LogP contribution is 2.36. The molecule has 0 spiro atoms. The third kappa shape index (κ3) is 7.18. The Bertz CT molecular complexity index is 1500. The Balaban J connectivity index is 0.936. The van der Waals surface area contributed by atoms with Crippen LogP contribution in [0.5, 0.6) is 0 Å². The van der Waals surface area contributed by atoms with Crippen LogP contribution in [0.3, 0.4) is 0 Å². The van der Waals surface area contributed by atoms with Gasteiger partial charge < -0.3 is 9.80 Å². The molecule has 0 radical (unpaired) electrons. The van der Waals surface area contributed by atoms with Gasteiger partial charge in [-0.25, -0.2) is 5.43 Å².